The molecule has 1 unspecified atom stereocenters. The second kappa shape index (κ2) is 5.96. The van der Waals surface area contributed by atoms with E-state index >= 15 is 0 Å². The largest absolute Gasteiger partial charge is 0.345 e. The van der Waals surface area contributed by atoms with Crippen LogP contribution < -0.4 is 5.32 Å². The fraction of sp³-hybridized carbons (Fsp3) is 0.143. The van der Waals surface area contributed by atoms with Crippen LogP contribution in [0.4, 0.5) is 8.78 Å². The minimum atomic E-state index is -0.810. The number of pyridine rings is 1. The van der Waals surface area contributed by atoms with Crippen LogP contribution in [-0.2, 0) is 0 Å². The lowest BCUT2D eigenvalue weighted by atomic mass is 10.1. The molecular formula is C14H11ClF2N2O. The van der Waals surface area contributed by atoms with Gasteiger partial charge in [-0.25, -0.2) is 13.8 Å². The summed E-state index contributed by atoms with van der Waals surface area (Å²) in [6.07, 6.45) is 1.38. The Balaban J connectivity index is 2.20. The number of carbonyl (C=O) groups excluding carboxylic acids is 1. The third-order valence-electron chi connectivity index (χ3n) is 2.77. The van der Waals surface area contributed by atoms with Crippen LogP contribution in [0.2, 0.25) is 5.15 Å². The maximum atomic E-state index is 13.6. The highest BCUT2D eigenvalue weighted by molar-refractivity contribution is 6.29. The molecule has 6 heteroatoms. The number of halogens is 3. The first-order valence-electron chi connectivity index (χ1n) is 5.85. The zero-order valence-electron chi connectivity index (χ0n) is 10.5. The molecule has 0 aliphatic carbocycles. The van der Waals surface area contributed by atoms with E-state index in [1.807, 2.05) is 0 Å². The van der Waals surface area contributed by atoms with Gasteiger partial charge >= 0.3 is 0 Å². The maximum Gasteiger partial charge on any atom is 0.251 e. The van der Waals surface area contributed by atoms with E-state index in [-0.39, 0.29) is 16.3 Å². The Morgan fingerprint density at radius 1 is 1.30 bits per heavy atom. The first-order valence-corrected chi connectivity index (χ1v) is 6.23. The van der Waals surface area contributed by atoms with E-state index in [0.29, 0.717) is 0 Å². The highest BCUT2D eigenvalue weighted by Gasteiger charge is 2.18. The van der Waals surface area contributed by atoms with Crippen molar-refractivity contribution in [1.29, 1.82) is 0 Å². The molecule has 0 aliphatic heterocycles. The van der Waals surface area contributed by atoms with Gasteiger partial charge in [0.2, 0.25) is 0 Å². The van der Waals surface area contributed by atoms with Crippen molar-refractivity contribution >= 4 is 17.5 Å². The molecule has 0 saturated heterocycles. The molecule has 2 rings (SSSR count). The summed E-state index contributed by atoms with van der Waals surface area (Å²) in [5.41, 5.74) is 0.0922. The molecule has 1 aromatic carbocycles. The van der Waals surface area contributed by atoms with Crippen molar-refractivity contribution in [3.8, 4) is 0 Å². The number of nitrogens with one attached hydrogen (secondary N) is 1. The fourth-order valence-electron chi connectivity index (χ4n) is 1.82. The molecule has 1 heterocycles. The van der Waals surface area contributed by atoms with Crippen LogP contribution in [0.25, 0.3) is 0 Å². The summed E-state index contributed by atoms with van der Waals surface area (Å²) in [6.45, 7) is 1.50. The van der Waals surface area contributed by atoms with Gasteiger partial charge in [-0.05, 0) is 31.2 Å². The fourth-order valence-corrected chi connectivity index (χ4v) is 1.99. The van der Waals surface area contributed by atoms with Gasteiger partial charge in [0.1, 0.15) is 16.8 Å². The van der Waals surface area contributed by atoms with E-state index in [1.54, 1.807) is 0 Å². The van der Waals surface area contributed by atoms with Crippen molar-refractivity contribution in [2.75, 3.05) is 0 Å². The highest BCUT2D eigenvalue weighted by Crippen LogP contribution is 2.20. The van der Waals surface area contributed by atoms with Crippen molar-refractivity contribution in [2.24, 2.45) is 0 Å². The third kappa shape index (κ3) is 3.11. The van der Waals surface area contributed by atoms with Gasteiger partial charge in [0, 0.05) is 17.3 Å². The average molecular weight is 297 g/mol. The number of hydrogen-bond acceptors (Lipinski definition) is 2. The van der Waals surface area contributed by atoms with Crippen LogP contribution in [0.3, 0.4) is 0 Å². The van der Waals surface area contributed by atoms with Gasteiger partial charge < -0.3 is 5.32 Å². The second-order valence-corrected chi connectivity index (χ2v) is 4.58. The molecule has 1 aromatic heterocycles. The predicted octanol–water partition coefficient (Wildman–Crippen LogP) is 3.50. The van der Waals surface area contributed by atoms with Gasteiger partial charge in [-0.2, -0.15) is 0 Å². The van der Waals surface area contributed by atoms with E-state index in [2.05, 4.69) is 10.3 Å². The molecule has 1 atom stereocenters. The van der Waals surface area contributed by atoms with Crippen LogP contribution in [0.5, 0.6) is 0 Å². The SMILES string of the molecule is CC(NC(=O)c1ccnc(Cl)c1)c1c(F)cccc1F. The lowest BCUT2D eigenvalue weighted by Gasteiger charge is -2.15. The monoisotopic (exact) mass is 296 g/mol. The van der Waals surface area contributed by atoms with Crippen molar-refractivity contribution in [3.63, 3.8) is 0 Å². The van der Waals surface area contributed by atoms with Gasteiger partial charge in [0.05, 0.1) is 6.04 Å². The molecule has 0 aliphatic rings. The summed E-state index contributed by atoms with van der Waals surface area (Å²) >= 11 is 5.68. The average Bonchev–Trinajstić information content (AvgIpc) is 2.38. The minimum Gasteiger partial charge on any atom is -0.345 e. The first kappa shape index (κ1) is 14.4. The molecule has 104 valence electrons. The molecule has 0 fully saturated rings. The summed E-state index contributed by atoms with van der Waals surface area (Å²) in [7, 11) is 0. The zero-order chi connectivity index (χ0) is 14.7. The standard InChI is InChI=1S/C14H11ClF2N2O/c1-8(13-10(16)3-2-4-11(13)17)19-14(20)9-5-6-18-12(15)7-9/h2-8H,1H3,(H,19,20). The topological polar surface area (TPSA) is 42.0 Å². The Morgan fingerprint density at radius 2 is 1.95 bits per heavy atom. The molecule has 20 heavy (non-hydrogen) atoms. The first-order chi connectivity index (χ1) is 9.49. The van der Waals surface area contributed by atoms with Crippen molar-refractivity contribution in [2.45, 2.75) is 13.0 Å². The molecule has 1 amide bonds. The lowest BCUT2D eigenvalue weighted by Crippen LogP contribution is -2.28. The summed E-state index contributed by atoms with van der Waals surface area (Å²) in [4.78, 5) is 15.7. The number of amides is 1. The van der Waals surface area contributed by atoms with E-state index in [1.165, 1.54) is 31.3 Å². The van der Waals surface area contributed by atoms with Crippen LogP contribution in [0.15, 0.2) is 36.5 Å². The third-order valence-corrected chi connectivity index (χ3v) is 2.98. The molecule has 0 saturated carbocycles. The number of aromatic nitrogens is 1. The Labute approximate surface area is 119 Å². The number of nitrogens with zero attached hydrogens (tertiary/aromatic N) is 1. The van der Waals surface area contributed by atoms with Crippen molar-refractivity contribution in [1.82, 2.24) is 10.3 Å². The van der Waals surface area contributed by atoms with Crippen molar-refractivity contribution < 1.29 is 13.6 Å². The van der Waals surface area contributed by atoms with E-state index < -0.39 is 23.6 Å². The van der Waals surface area contributed by atoms with E-state index in [4.69, 9.17) is 11.6 Å². The Bertz CT molecular complexity index is 629. The maximum absolute atomic E-state index is 13.6. The number of carbonyl (C=O) groups is 1. The van der Waals surface area contributed by atoms with Gasteiger partial charge in [-0.1, -0.05) is 17.7 Å². The Kier molecular flexibility index (Phi) is 4.29. The normalized spacial score (nSPS) is 12.0. The molecule has 1 N–H and O–H groups in total. The number of rotatable bonds is 3. The van der Waals surface area contributed by atoms with E-state index in [0.717, 1.165) is 12.1 Å². The van der Waals surface area contributed by atoms with Gasteiger partial charge in [0.15, 0.2) is 0 Å². The number of hydrogen-bond donors (Lipinski definition) is 1. The van der Waals surface area contributed by atoms with Gasteiger partial charge in [0.25, 0.3) is 5.91 Å². The Morgan fingerprint density at radius 3 is 2.55 bits per heavy atom. The van der Waals surface area contributed by atoms with Crippen LogP contribution in [0.1, 0.15) is 28.9 Å². The summed E-state index contributed by atoms with van der Waals surface area (Å²) < 4.78 is 27.2. The predicted molar refractivity (Wildman–Crippen MR) is 71.5 cm³/mol. The van der Waals surface area contributed by atoms with Crippen LogP contribution >= 0.6 is 11.6 Å². The van der Waals surface area contributed by atoms with Crippen molar-refractivity contribution in [3.05, 3.63) is 64.4 Å². The highest BCUT2D eigenvalue weighted by atomic mass is 35.5. The molecule has 0 radical (unpaired) electrons. The van der Waals surface area contributed by atoms with Crippen LogP contribution in [-0.4, -0.2) is 10.9 Å². The Hall–Kier alpha value is -2.01. The van der Waals surface area contributed by atoms with Gasteiger partial charge in [-0.15, -0.1) is 0 Å². The van der Waals surface area contributed by atoms with E-state index in [9.17, 15) is 13.6 Å². The molecule has 0 spiro atoms. The molecule has 2 aromatic rings. The van der Waals surface area contributed by atoms with Gasteiger partial charge in [-0.3, -0.25) is 4.79 Å². The smallest absolute Gasteiger partial charge is 0.251 e. The summed E-state index contributed by atoms with van der Waals surface area (Å²) in [5.74, 6) is -1.89. The lowest BCUT2D eigenvalue weighted by molar-refractivity contribution is 0.0938. The molecular weight excluding hydrogens is 286 g/mol. The minimum absolute atomic E-state index is 0.169. The summed E-state index contributed by atoms with van der Waals surface area (Å²) in [6, 6.07) is 5.59. The zero-order valence-corrected chi connectivity index (χ0v) is 11.3. The number of benzene rings is 1. The van der Waals surface area contributed by atoms with Crippen LogP contribution in [0, 0.1) is 11.6 Å². The quantitative estimate of drug-likeness (QED) is 0.881. The second-order valence-electron chi connectivity index (χ2n) is 4.20. The molecule has 0 bridgehead atoms. The molecule has 3 nitrogen and oxygen atoms in total. The summed E-state index contributed by atoms with van der Waals surface area (Å²) in [5, 5.41) is 2.68.